The van der Waals surface area contributed by atoms with Gasteiger partial charge < -0.3 is 15.1 Å². The molecule has 122 valence electrons. The molecule has 2 amide bonds. The van der Waals surface area contributed by atoms with Gasteiger partial charge in [0.1, 0.15) is 4.88 Å². The average molecular weight is 325 g/mol. The van der Waals surface area contributed by atoms with Crippen LogP contribution >= 0.6 is 11.5 Å². The Morgan fingerprint density at radius 3 is 2.82 bits per heavy atom. The maximum Gasteiger partial charge on any atom is 0.267 e. The summed E-state index contributed by atoms with van der Waals surface area (Å²) in [5.74, 6) is -0.289. The minimum atomic E-state index is -0.211. The Bertz CT molecular complexity index is 533. The molecule has 0 saturated carbocycles. The SMILES string of the molecule is CCCc1nnsc1C(=O)N1CCN(C)C[C@H](C(=O)NC)C1. The van der Waals surface area contributed by atoms with E-state index in [1.165, 1.54) is 0 Å². The molecule has 1 aliphatic rings. The minimum Gasteiger partial charge on any atom is -0.359 e. The highest BCUT2D eigenvalue weighted by atomic mass is 32.1. The van der Waals surface area contributed by atoms with E-state index >= 15 is 0 Å². The predicted octanol–water partition coefficient (Wildman–Crippen LogP) is 0.240. The smallest absolute Gasteiger partial charge is 0.267 e. The van der Waals surface area contributed by atoms with Crippen molar-refractivity contribution in [2.75, 3.05) is 40.3 Å². The molecule has 1 atom stereocenters. The third kappa shape index (κ3) is 3.80. The summed E-state index contributed by atoms with van der Waals surface area (Å²) < 4.78 is 3.92. The Morgan fingerprint density at radius 2 is 2.14 bits per heavy atom. The first-order chi connectivity index (χ1) is 10.6. The van der Waals surface area contributed by atoms with Crippen LogP contribution in [0.5, 0.6) is 0 Å². The van der Waals surface area contributed by atoms with Crippen molar-refractivity contribution >= 4 is 23.3 Å². The Kier molecular flexibility index (Phi) is 5.84. The molecule has 7 nitrogen and oxygen atoms in total. The molecule has 1 aromatic rings. The second-order valence-corrected chi connectivity index (χ2v) is 6.38. The van der Waals surface area contributed by atoms with Crippen LogP contribution in [-0.4, -0.2) is 71.5 Å². The molecule has 1 fully saturated rings. The standard InChI is InChI=1S/C14H23N5O2S/c1-4-5-11-12(22-17-16-11)14(21)19-7-6-18(3)8-10(9-19)13(20)15-2/h10H,4-9H2,1-3H3,(H,15,20)/t10-/m0/s1. The van der Waals surface area contributed by atoms with Crippen LogP contribution in [0.1, 0.15) is 28.7 Å². The van der Waals surface area contributed by atoms with Gasteiger partial charge in [-0.05, 0) is 25.0 Å². The molecular formula is C14H23N5O2S. The predicted molar refractivity (Wildman–Crippen MR) is 84.9 cm³/mol. The van der Waals surface area contributed by atoms with Crippen molar-refractivity contribution in [1.82, 2.24) is 24.7 Å². The van der Waals surface area contributed by atoms with Gasteiger partial charge in [-0.1, -0.05) is 17.8 Å². The van der Waals surface area contributed by atoms with Gasteiger partial charge >= 0.3 is 0 Å². The van der Waals surface area contributed by atoms with Gasteiger partial charge in [0.25, 0.3) is 5.91 Å². The number of nitrogens with zero attached hydrogens (tertiary/aromatic N) is 4. The minimum absolute atomic E-state index is 0.0252. The number of carbonyl (C=O) groups excluding carboxylic acids is 2. The third-order valence-electron chi connectivity index (χ3n) is 3.87. The largest absolute Gasteiger partial charge is 0.359 e. The third-order valence-corrected chi connectivity index (χ3v) is 4.62. The summed E-state index contributed by atoms with van der Waals surface area (Å²) in [6.07, 6.45) is 1.68. The van der Waals surface area contributed by atoms with Crippen LogP contribution < -0.4 is 5.32 Å². The monoisotopic (exact) mass is 325 g/mol. The summed E-state index contributed by atoms with van der Waals surface area (Å²) in [7, 11) is 3.60. The molecule has 0 spiro atoms. The lowest BCUT2D eigenvalue weighted by atomic mass is 10.1. The highest BCUT2D eigenvalue weighted by Crippen LogP contribution is 2.18. The Morgan fingerprint density at radius 1 is 1.36 bits per heavy atom. The normalized spacial score (nSPS) is 19.8. The lowest BCUT2D eigenvalue weighted by Crippen LogP contribution is -2.41. The summed E-state index contributed by atoms with van der Waals surface area (Å²) in [6, 6.07) is 0. The van der Waals surface area contributed by atoms with Crippen molar-refractivity contribution in [2.45, 2.75) is 19.8 Å². The molecular weight excluding hydrogens is 302 g/mol. The van der Waals surface area contributed by atoms with Crippen LogP contribution in [0.4, 0.5) is 0 Å². The fraction of sp³-hybridized carbons (Fsp3) is 0.714. The van der Waals surface area contributed by atoms with Gasteiger partial charge in [0, 0.05) is 33.2 Å². The number of hydrogen-bond acceptors (Lipinski definition) is 6. The average Bonchev–Trinajstić information content (AvgIpc) is 2.88. The second kappa shape index (κ2) is 7.64. The van der Waals surface area contributed by atoms with Crippen molar-refractivity contribution in [1.29, 1.82) is 0 Å². The van der Waals surface area contributed by atoms with Crippen LogP contribution in [0.15, 0.2) is 0 Å². The maximum atomic E-state index is 12.8. The molecule has 1 aromatic heterocycles. The molecule has 0 bridgehead atoms. The van der Waals surface area contributed by atoms with E-state index in [-0.39, 0.29) is 17.7 Å². The van der Waals surface area contributed by atoms with E-state index in [4.69, 9.17) is 0 Å². The summed E-state index contributed by atoms with van der Waals surface area (Å²) in [6.45, 7) is 4.52. The zero-order valence-electron chi connectivity index (χ0n) is 13.3. The van der Waals surface area contributed by atoms with Crippen molar-refractivity contribution in [2.24, 2.45) is 5.92 Å². The molecule has 2 rings (SSSR count). The lowest BCUT2D eigenvalue weighted by molar-refractivity contribution is -0.125. The number of nitrogens with one attached hydrogen (secondary N) is 1. The van der Waals surface area contributed by atoms with Crippen LogP contribution in [0, 0.1) is 5.92 Å². The number of aromatic nitrogens is 2. The Hall–Kier alpha value is -1.54. The topological polar surface area (TPSA) is 78.4 Å². The molecule has 22 heavy (non-hydrogen) atoms. The van der Waals surface area contributed by atoms with Crippen molar-refractivity contribution in [3.05, 3.63) is 10.6 Å². The van der Waals surface area contributed by atoms with Crippen LogP contribution in [-0.2, 0) is 11.2 Å². The van der Waals surface area contributed by atoms with E-state index in [1.807, 2.05) is 7.05 Å². The van der Waals surface area contributed by atoms with Crippen molar-refractivity contribution in [3.63, 3.8) is 0 Å². The van der Waals surface area contributed by atoms with E-state index in [1.54, 1.807) is 11.9 Å². The lowest BCUT2D eigenvalue weighted by Gasteiger charge is -2.22. The van der Waals surface area contributed by atoms with Crippen molar-refractivity contribution < 1.29 is 9.59 Å². The quantitative estimate of drug-likeness (QED) is 0.858. The van der Waals surface area contributed by atoms with Gasteiger partial charge in [0.15, 0.2) is 0 Å². The van der Waals surface area contributed by atoms with Gasteiger partial charge in [-0.25, -0.2) is 0 Å². The van der Waals surface area contributed by atoms with Gasteiger partial charge in [0.05, 0.1) is 11.6 Å². The van der Waals surface area contributed by atoms with Crippen LogP contribution in [0.2, 0.25) is 0 Å². The number of hydrogen-bond donors (Lipinski definition) is 1. The van der Waals surface area contributed by atoms with E-state index in [0.717, 1.165) is 36.6 Å². The number of carbonyl (C=O) groups is 2. The first kappa shape index (κ1) is 16.8. The highest BCUT2D eigenvalue weighted by Gasteiger charge is 2.30. The summed E-state index contributed by atoms with van der Waals surface area (Å²) in [5, 5.41) is 6.75. The fourth-order valence-corrected chi connectivity index (χ4v) is 3.32. The first-order valence-corrected chi connectivity index (χ1v) is 8.34. The van der Waals surface area contributed by atoms with E-state index in [0.29, 0.717) is 24.5 Å². The van der Waals surface area contributed by atoms with Gasteiger partial charge in [-0.2, -0.15) is 0 Å². The number of likely N-dealkylation sites (N-methyl/N-ethyl adjacent to an activating group) is 1. The molecule has 1 aliphatic heterocycles. The van der Waals surface area contributed by atoms with Crippen LogP contribution in [0.25, 0.3) is 0 Å². The molecule has 1 saturated heterocycles. The Labute approximate surface area is 134 Å². The van der Waals surface area contributed by atoms with Gasteiger partial charge in [-0.15, -0.1) is 5.10 Å². The van der Waals surface area contributed by atoms with E-state index in [9.17, 15) is 9.59 Å². The Balaban J connectivity index is 2.16. The molecule has 0 aromatic carbocycles. The summed E-state index contributed by atoms with van der Waals surface area (Å²) in [4.78, 5) is 29.2. The van der Waals surface area contributed by atoms with E-state index < -0.39 is 0 Å². The number of amides is 2. The van der Waals surface area contributed by atoms with E-state index in [2.05, 4.69) is 26.7 Å². The molecule has 2 heterocycles. The van der Waals surface area contributed by atoms with Gasteiger partial charge in [0.2, 0.25) is 5.91 Å². The maximum absolute atomic E-state index is 12.8. The van der Waals surface area contributed by atoms with Crippen LogP contribution in [0.3, 0.4) is 0 Å². The zero-order chi connectivity index (χ0) is 16.1. The van der Waals surface area contributed by atoms with Crippen molar-refractivity contribution in [3.8, 4) is 0 Å². The highest BCUT2D eigenvalue weighted by molar-refractivity contribution is 7.08. The molecule has 1 N–H and O–H groups in total. The molecule has 0 aliphatic carbocycles. The zero-order valence-corrected chi connectivity index (χ0v) is 14.2. The molecule has 8 heteroatoms. The number of aryl methyl sites for hydroxylation is 1. The second-order valence-electron chi connectivity index (χ2n) is 5.62. The molecule has 0 unspecified atom stereocenters. The summed E-state index contributed by atoms with van der Waals surface area (Å²) >= 11 is 1.15. The van der Waals surface area contributed by atoms with Gasteiger partial charge in [-0.3, -0.25) is 9.59 Å². The first-order valence-electron chi connectivity index (χ1n) is 7.57. The summed E-state index contributed by atoms with van der Waals surface area (Å²) in [5.41, 5.74) is 0.770. The fourth-order valence-electron chi connectivity index (χ4n) is 2.64. The molecule has 0 radical (unpaired) electrons. The number of rotatable bonds is 4.